The highest BCUT2D eigenvalue weighted by atomic mass is 14.9. The fourth-order valence-electron chi connectivity index (χ4n) is 6.69. The molecule has 0 spiro atoms. The van der Waals surface area contributed by atoms with E-state index in [9.17, 15) is 0 Å². The van der Waals surface area contributed by atoms with Crippen LogP contribution in [0.15, 0.2) is 115 Å². The van der Waals surface area contributed by atoms with Crippen molar-refractivity contribution in [3.63, 3.8) is 0 Å². The monoisotopic (exact) mass is 513 g/mol. The van der Waals surface area contributed by atoms with Crippen LogP contribution in [0.25, 0.3) is 76.4 Å². The minimum Gasteiger partial charge on any atom is -0.344 e. The molecule has 192 valence electrons. The van der Waals surface area contributed by atoms with Crippen LogP contribution in [0.4, 0.5) is 0 Å². The Morgan fingerprint density at radius 1 is 0.475 bits per heavy atom. The SMILES string of the molecule is Cn1c2cc(-c3ccccc3)ccc2c2ccc(-c3ccc4ccc5cc(C(C)(C)C)cc6ccc3c4c56)cc21. The van der Waals surface area contributed by atoms with Crippen LogP contribution in [0.2, 0.25) is 0 Å². The van der Waals surface area contributed by atoms with Gasteiger partial charge in [0.15, 0.2) is 0 Å². The summed E-state index contributed by atoms with van der Waals surface area (Å²) in [5, 5.41) is 10.6. The van der Waals surface area contributed by atoms with Gasteiger partial charge in [0.2, 0.25) is 0 Å². The van der Waals surface area contributed by atoms with E-state index in [0.29, 0.717) is 0 Å². The first-order valence-corrected chi connectivity index (χ1v) is 14.2. The molecular formula is C39H31N. The first kappa shape index (κ1) is 23.3. The number of aryl methyl sites for hydroxylation is 1. The summed E-state index contributed by atoms with van der Waals surface area (Å²) in [6, 6.07) is 43.1. The van der Waals surface area contributed by atoms with Gasteiger partial charge >= 0.3 is 0 Å². The topological polar surface area (TPSA) is 4.93 Å². The summed E-state index contributed by atoms with van der Waals surface area (Å²) in [4.78, 5) is 0. The second-order valence-corrected chi connectivity index (χ2v) is 12.3. The van der Waals surface area contributed by atoms with Gasteiger partial charge in [0.05, 0.1) is 0 Å². The average Bonchev–Trinajstić information content (AvgIpc) is 3.26. The van der Waals surface area contributed by atoms with E-state index in [4.69, 9.17) is 0 Å². The zero-order chi connectivity index (χ0) is 27.2. The van der Waals surface area contributed by atoms with Gasteiger partial charge < -0.3 is 4.57 Å². The first-order chi connectivity index (χ1) is 19.4. The van der Waals surface area contributed by atoms with Gasteiger partial charge in [-0.1, -0.05) is 124 Å². The van der Waals surface area contributed by atoms with Gasteiger partial charge in [-0.2, -0.15) is 0 Å². The minimum atomic E-state index is 0.117. The van der Waals surface area contributed by atoms with E-state index in [2.05, 4.69) is 148 Å². The fraction of sp³-hybridized carbons (Fsp3) is 0.128. The molecular weight excluding hydrogens is 482 g/mol. The van der Waals surface area contributed by atoms with E-state index in [1.807, 2.05) is 0 Å². The average molecular weight is 514 g/mol. The molecule has 8 aromatic rings. The number of nitrogens with zero attached hydrogens (tertiary/aromatic N) is 1. The van der Waals surface area contributed by atoms with Crippen molar-refractivity contribution in [2.45, 2.75) is 26.2 Å². The summed E-state index contributed by atoms with van der Waals surface area (Å²) < 4.78 is 2.35. The lowest BCUT2D eigenvalue weighted by molar-refractivity contribution is 0.591. The molecule has 8 rings (SSSR count). The van der Waals surface area contributed by atoms with Gasteiger partial charge in [-0.25, -0.2) is 0 Å². The van der Waals surface area contributed by atoms with Crippen molar-refractivity contribution in [1.29, 1.82) is 0 Å². The molecule has 0 amide bonds. The smallest absolute Gasteiger partial charge is 0.0494 e. The van der Waals surface area contributed by atoms with Gasteiger partial charge in [-0.15, -0.1) is 0 Å². The molecule has 0 bridgehead atoms. The third-order valence-electron chi connectivity index (χ3n) is 8.89. The molecule has 0 aliphatic rings. The molecule has 1 heteroatoms. The van der Waals surface area contributed by atoms with Crippen molar-refractivity contribution in [3.8, 4) is 22.3 Å². The van der Waals surface area contributed by atoms with Gasteiger partial charge in [0, 0.05) is 28.9 Å². The fourth-order valence-corrected chi connectivity index (χ4v) is 6.69. The van der Waals surface area contributed by atoms with Crippen molar-refractivity contribution in [1.82, 2.24) is 4.57 Å². The van der Waals surface area contributed by atoms with Crippen molar-refractivity contribution < 1.29 is 0 Å². The Balaban J connectivity index is 1.34. The lowest BCUT2D eigenvalue weighted by Gasteiger charge is -2.22. The molecule has 1 heterocycles. The van der Waals surface area contributed by atoms with E-state index in [1.54, 1.807) is 0 Å². The van der Waals surface area contributed by atoms with Gasteiger partial charge in [-0.3, -0.25) is 0 Å². The number of hydrogen-bond donors (Lipinski definition) is 0. The van der Waals surface area contributed by atoms with E-state index >= 15 is 0 Å². The number of rotatable bonds is 2. The van der Waals surface area contributed by atoms with Crippen LogP contribution >= 0.6 is 0 Å². The third-order valence-corrected chi connectivity index (χ3v) is 8.89. The molecule has 7 aromatic carbocycles. The molecule has 0 saturated carbocycles. The van der Waals surface area contributed by atoms with Crippen molar-refractivity contribution in [3.05, 3.63) is 121 Å². The normalized spacial score (nSPS) is 12.5. The van der Waals surface area contributed by atoms with Crippen molar-refractivity contribution in [2.75, 3.05) is 0 Å². The number of hydrogen-bond acceptors (Lipinski definition) is 0. The van der Waals surface area contributed by atoms with E-state index in [-0.39, 0.29) is 5.41 Å². The first-order valence-electron chi connectivity index (χ1n) is 14.2. The largest absolute Gasteiger partial charge is 0.344 e. The molecule has 0 aliphatic carbocycles. The summed E-state index contributed by atoms with van der Waals surface area (Å²) in [5.41, 5.74) is 9.08. The van der Waals surface area contributed by atoms with Crippen LogP contribution in [0.3, 0.4) is 0 Å². The van der Waals surface area contributed by atoms with Gasteiger partial charge in [-0.05, 0) is 77.7 Å². The van der Waals surface area contributed by atoms with Crippen LogP contribution in [-0.2, 0) is 12.5 Å². The Morgan fingerprint density at radius 2 is 1.05 bits per heavy atom. The summed E-state index contributed by atoms with van der Waals surface area (Å²) in [6.07, 6.45) is 0. The van der Waals surface area contributed by atoms with Crippen LogP contribution in [0, 0.1) is 0 Å². The predicted octanol–water partition coefficient (Wildman–Crippen LogP) is 10.9. The quantitative estimate of drug-likeness (QED) is 0.203. The molecule has 0 saturated heterocycles. The maximum atomic E-state index is 2.39. The zero-order valence-corrected chi connectivity index (χ0v) is 23.4. The van der Waals surface area contributed by atoms with E-state index in [0.717, 1.165) is 0 Å². The molecule has 0 atom stereocenters. The standard InChI is InChI=1S/C39H31N/c1-39(2,3)30-20-28-11-10-25-12-16-31(34-19-15-29(21-30)37(28)38(25)34)27-14-18-33-32-17-13-26(24-8-6-5-7-9-24)22-35(32)40(4)36(33)23-27/h5-23H,1-4H3. The van der Waals surface area contributed by atoms with Crippen LogP contribution in [0.1, 0.15) is 26.3 Å². The molecule has 40 heavy (non-hydrogen) atoms. The maximum absolute atomic E-state index is 2.39. The highest BCUT2D eigenvalue weighted by Crippen LogP contribution is 2.42. The van der Waals surface area contributed by atoms with Crippen molar-refractivity contribution in [2.24, 2.45) is 7.05 Å². The van der Waals surface area contributed by atoms with Crippen LogP contribution < -0.4 is 0 Å². The summed E-state index contributed by atoms with van der Waals surface area (Å²) >= 11 is 0. The molecule has 0 N–H and O–H groups in total. The summed E-state index contributed by atoms with van der Waals surface area (Å²) in [5.74, 6) is 0. The van der Waals surface area contributed by atoms with Crippen molar-refractivity contribution >= 4 is 54.1 Å². The lowest BCUT2D eigenvalue weighted by Crippen LogP contribution is -2.10. The minimum absolute atomic E-state index is 0.117. The highest BCUT2D eigenvalue weighted by molar-refractivity contribution is 6.26. The number of aromatic nitrogens is 1. The molecule has 0 aliphatic heterocycles. The highest BCUT2D eigenvalue weighted by Gasteiger charge is 2.18. The van der Waals surface area contributed by atoms with Crippen LogP contribution in [0.5, 0.6) is 0 Å². The van der Waals surface area contributed by atoms with Gasteiger partial charge in [0.1, 0.15) is 0 Å². The summed E-state index contributed by atoms with van der Waals surface area (Å²) in [6.45, 7) is 6.89. The number of fused-ring (bicyclic) bond motifs is 3. The molecule has 1 aromatic heterocycles. The third kappa shape index (κ3) is 3.34. The predicted molar refractivity (Wildman–Crippen MR) is 174 cm³/mol. The molecule has 1 nitrogen and oxygen atoms in total. The molecule has 0 radical (unpaired) electrons. The maximum Gasteiger partial charge on any atom is 0.0494 e. The van der Waals surface area contributed by atoms with E-state index in [1.165, 1.54) is 81.9 Å². The Bertz CT molecular complexity index is 2220. The Labute approximate surface area is 234 Å². The second kappa shape index (κ2) is 8.19. The van der Waals surface area contributed by atoms with Gasteiger partial charge in [0.25, 0.3) is 0 Å². The second-order valence-electron chi connectivity index (χ2n) is 12.3. The zero-order valence-electron chi connectivity index (χ0n) is 23.4. The Morgan fingerprint density at radius 3 is 1.75 bits per heavy atom. The Kier molecular flexibility index (Phi) is 4.77. The Hall–Kier alpha value is -4.62. The molecule has 0 unspecified atom stereocenters. The van der Waals surface area contributed by atoms with E-state index < -0.39 is 0 Å². The summed E-state index contributed by atoms with van der Waals surface area (Å²) in [7, 11) is 2.19. The number of benzene rings is 7. The van der Waals surface area contributed by atoms with Crippen LogP contribution in [-0.4, -0.2) is 4.57 Å². The lowest BCUT2D eigenvalue weighted by atomic mass is 9.83. The molecule has 0 fully saturated rings.